The van der Waals surface area contributed by atoms with Crippen molar-refractivity contribution in [3.8, 4) is 0 Å². The van der Waals surface area contributed by atoms with Crippen molar-refractivity contribution in [3.05, 3.63) is 83.9 Å². The maximum Gasteiger partial charge on any atom is 0.405 e. The van der Waals surface area contributed by atoms with Gasteiger partial charge in [-0.05, 0) is 28.9 Å². The van der Waals surface area contributed by atoms with Gasteiger partial charge in [-0.3, -0.25) is 4.79 Å². The molecule has 0 aliphatic rings. The van der Waals surface area contributed by atoms with E-state index in [1.165, 1.54) is 0 Å². The van der Waals surface area contributed by atoms with Gasteiger partial charge in [-0.2, -0.15) is 13.2 Å². The standard InChI is InChI=1S/C24H25F3N2O2/c1-28-14-21(20-12-11-17-7-5-6-10-19(17)13-20)23(18-8-3-2-4-9-18)31-15-22(30)29-16-24(25,26)27/h2-13,21,23,28H,14-16H2,1H3,(H,29,30)/t21-,23-/m1/s1. The summed E-state index contributed by atoms with van der Waals surface area (Å²) in [4.78, 5) is 12.0. The van der Waals surface area contributed by atoms with Gasteiger partial charge >= 0.3 is 6.18 Å². The van der Waals surface area contributed by atoms with Crippen LogP contribution in [0.1, 0.15) is 23.1 Å². The van der Waals surface area contributed by atoms with Crippen LogP contribution >= 0.6 is 0 Å². The van der Waals surface area contributed by atoms with Gasteiger partial charge in [-0.15, -0.1) is 0 Å². The molecule has 0 aliphatic heterocycles. The monoisotopic (exact) mass is 430 g/mol. The fourth-order valence-corrected chi connectivity index (χ4v) is 3.56. The largest absolute Gasteiger partial charge is 0.405 e. The maximum absolute atomic E-state index is 12.4. The third kappa shape index (κ3) is 6.54. The maximum atomic E-state index is 12.4. The first-order valence-electron chi connectivity index (χ1n) is 10.0. The van der Waals surface area contributed by atoms with Crippen molar-refractivity contribution in [3.63, 3.8) is 0 Å². The van der Waals surface area contributed by atoms with Gasteiger partial charge in [0.15, 0.2) is 0 Å². The molecule has 0 fully saturated rings. The number of carbonyl (C=O) groups is 1. The molecule has 0 bridgehead atoms. The van der Waals surface area contributed by atoms with Crippen molar-refractivity contribution in [1.29, 1.82) is 0 Å². The normalized spacial score (nSPS) is 13.7. The minimum atomic E-state index is -4.46. The molecule has 0 saturated carbocycles. The topological polar surface area (TPSA) is 50.4 Å². The summed E-state index contributed by atoms with van der Waals surface area (Å²) in [5.41, 5.74) is 1.86. The first kappa shape index (κ1) is 22.8. The van der Waals surface area contributed by atoms with Gasteiger partial charge in [0.25, 0.3) is 0 Å². The van der Waals surface area contributed by atoms with Crippen molar-refractivity contribution in [1.82, 2.24) is 10.6 Å². The van der Waals surface area contributed by atoms with Gasteiger partial charge in [0.1, 0.15) is 13.2 Å². The van der Waals surface area contributed by atoms with E-state index in [2.05, 4.69) is 11.4 Å². The lowest BCUT2D eigenvalue weighted by Crippen LogP contribution is -2.37. The lowest BCUT2D eigenvalue weighted by Gasteiger charge is -2.28. The molecule has 3 rings (SSSR count). The Morgan fingerprint density at radius 3 is 2.29 bits per heavy atom. The fourth-order valence-electron chi connectivity index (χ4n) is 3.56. The van der Waals surface area contributed by atoms with Gasteiger partial charge in [-0.1, -0.05) is 72.8 Å². The molecule has 0 radical (unpaired) electrons. The number of ether oxygens (including phenoxy) is 1. The van der Waals surface area contributed by atoms with Crippen molar-refractivity contribution in [2.24, 2.45) is 0 Å². The Bertz CT molecular complexity index is 993. The number of hydrogen-bond donors (Lipinski definition) is 2. The molecule has 7 heteroatoms. The second-order valence-corrected chi connectivity index (χ2v) is 7.30. The highest BCUT2D eigenvalue weighted by Crippen LogP contribution is 2.35. The first-order valence-corrected chi connectivity index (χ1v) is 10.0. The molecule has 0 aromatic heterocycles. The number of carbonyl (C=O) groups excluding carboxylic acids is 1. The molecule has 1 amide bonds. The fraction of sp³-hybridized carbons (Fsp3) is 0.292. The van der Waals surface area contributed by atoms with Crippen molar-refractivity contribution < 1.29 is 22.7 Å². The van der Waals surface area contributed by atoms with Crippen LogP contribution in [0.15, 0.2) is 72.8 Å². The molecule has 0 heterocycles. The second-order valence-electron chi connectivity index (χ2n) is 7.30. The summed E-state index contributed by atoms with van der Waals surface area (Å²) >= 11 is 0. The number of rotatable bonds is 9. The highest BCUT2D eigenvalue weighted by atomic mass is 19.4. The number of alkyl halides is 3. The first-order chi connectivity index (χ1) is 14.9. The lowest BCUT2D eigenvalue weighted by atomic mass is 9.87. The highest BCUT2D eigenvalue weighted by Gasteiger charge is 2.29. The molecule has 0 unspecified atom stereocenters. The Balaban J connectivity index is 1.86. The van der Waals surface area contributed by atoms with E-state index in [1.54, 1.807) is 0 Å². The zero-order chi connectivity index (χ0) is 22.3. The zero-order valence-electron chi connectivity index (χ0n) is 17.2. The minimum absolute atomic E-state index is 0.160. The van der Waals surface area contributed by atoms with Crippen LogP contribution in [-0.2, 0) is 9.53 Å². The van der Waals surface area contributed by atoms with E-state index in [9.17, 15) is 18.0 Å². The summed E-state index contributed by atoms with van der Waals surface area (Å²) in [5, 5.41) is 7.22. The summed E-state index contributed by atoms with van der Waals surface area (Å²) in [6.45, 7) is -1.29. The average Bonchev–Trinajstić information content (AvgIpc) is 2.77. The number of nitrogens with one attached hydrogen (secondary N) is 2. The van der Waals surface area contributed by atoms with Crippen LogP contribution in [0.5, 0.6) is 0 Å². The van der Waals surface area contributed by atoms with E-state index in [1.807, 2.05) is 79.1 Å². The SMILES string of the molecule is CNC[C@H](c1ccc2ccccc2c1)[C@H](OCC(=O)NCC(F)(F)F)c1ccccc1. The highest BCUT2D eigenvalue weighted by molar-refractivity contribution is 5.83. The molecular weight excluding hydrogens is 405 g/mol. The Morgan fingerprint density at radius 2 is 1.61 bits per heavy atom. The van der Waals surface area contributed by atoms with E-state index in [0.717, 1.165) is 21.9 Å². The summed E-state index contributed by atoms with van der Waals surface area (Å²) in [5.74, 6) is -0.965. The molecule has 164 valence electrons. The van der Waals surface area contributed by atoms with Gasteiger partial charge in [-0.25, -0.2) is 0 Å². The molecule has 0 spiro atoms. The van der Waals surface area contributed by atoms with E-state index >= 15 is 0 Å². The number of hydrogen-bond acceptors (Lipinski definition) is 3. The van der Waals surface area contributed by atoms with Gasteiger partial charge in [0.05, 0.1) is 6.10 Å². The van der Waals surface area contributed by atoms with Gasteiger partial charge in [0.2, 0.25) is 5.91 Å². The van der Waals surface area contributed by atoms with Crippen LogP contribution in [0.4, 0.5) is 13.2 Å². The molecule has 2 N–H and O–H groups in total. The number of benzene rings is 3. The molecule has 0 saturated heterocycles. The summed E-state index contributed by atoms with van der Waals surface area (Å²) < 4.78 is 43.1. The Labute approximate surface area is 179 Å². The zero-order valence-corrected chi connectivity index (χ0v) is 17.2. The summed E-state index contributed by atoms with van der Waals surface area (Å²) in [6.07, 6.45) is -4.99. The number of likely N-dealkylation sites (N-methyl/N-ethyl adjacent to an activating group) is 1. The van der Waals surface area contributed by atoms with Crippen LogP contribution in [0, 0.1) is 0 Å². The second kappa shape index (κ2) is 10.4. The van der Waals surface area contributed by atoms with Crippen LogP contribution < -0.4 is 10.6 Å². The third-order valence-electron chi connectivity index (χ3n) is 5.00. The molecule has 31 heavy (non-hydrogen) atoms. The van der Waals surface area contributed by atoms with Crippen LogP contribution in [0.25, 0.3) is 10.8 Å². The van der Waals surface area contributed by atoms with E-state index in [-0.39, 0.29) is 5.92 Å². The van der Waals surface area contributed by atoms with Gasteiger partial charge < -0.3 is 15.4 Å². The van der Waals surface area contributed by atoms with Crippen LogP contribution in [-0.4, -0.2) is 38.8 Å². The molecule has 2 atom stereocenters. The summed E-state index contributed by atoms with van der Waals surface area (Å²) in [6, 6.07) is 23.5. The predicted octanol–water partition coefficient (Wildman–Crippen LogP) is 4.58. The lowest BCUT2D eigenvalue weighted by molar-refractivity contribution is -0.142. The number of amides is 1. The number of fused-ring (bicyclic) bond motifs is 1. The molecular formula is C24H25F3N2O2. The third-order valence-corrected chi connectivity index (χ3v) is 5.00. The molecule has 3 aromatic rings. The van der Waals surface area contributed by atoms with Crippen molar-refractivity contribution in [2.75, 3.05) is 26.7 Å². The van der Waals surface area contributed by atoms with Crippen LogP contribution in [0.2, 0.25) is 0 Å². The van der Waals surface area contributed by atoms with Crippen LogP contribution in [0.3, 0.4) is 0 Å². The van der Waals surface area contributed by atoms with E-state index in [4.69, 9.17) is 4.74 Å². The van der Waals surface area contributed by atoms with E-state index in [0.29, 0.717) is 6.54 Å². The Morgan fingerprint density at radius 1 is 0.935 bits per heavy atom. The van der Waals surface area contributed by atoms with Crippen molar-refractivity contribution >= 4 is 16.7 Å². The smallest absolute Gasteiger partial charge is 0.363 e. The Hall–Kier alpha value is -2.90. The Kier molecular flexibility index (Phi) is 7.65. The molecule has 4 nitrogen and oxygen atoms in total. The molecule has 3 aromatic carbocycles. The van der Waals surface area contributed by atoms with Gasteiger partial charge in [0, 0.05) is 12.5 Å². The van der Waals surface area contributed by atoms with E-state index < -0.39 is 31.3 Å². The number of halogens is 3. The minimum Gasteiger partial charge on any atom is -0.363 e. The quantitative estimate of drug-likeness (QED) is 0.523. The average molecular weight is 430 g/mol. The summed E-state index contributed by atoms with van der Waals surface area (Å²) in [7, 11) is 1.83. The van der Waals surface area contributed by atoms with Crippen molar-refractivity contribution in [2.45, 2.75) is 18.2 Å². The molecule has 0 aliphatic carbocycles. The predicted molar refractivity (Wildman–Crippen MR) is 115 cm³/mol.